The Morgan fingerprint density at radius 3 is 2.68 bits per heavy atom. The van der Waals surface area contributed by atoms with Gasteiger partial charge in [-0.2, -0.15) is 0 Å². The van der Waals surface area contributed by atoms with Crippen LogP contribution < -0.4 is 5.32 Å². The number of nitrogens with one attached hydrogen (secondary N) is 1. The van der Waals surface area contributed by atoms with Crippen molar-refractivity contribution in [1.82, 2.24) is 14.9 Å². The number of nitrogens with zero attached hydrogens (tertiary/aromatic N) is 3. The van der Waals surface area contributed by atoms with Crippen LogP contribution in [-0.4, -0.2) is 40.3 Å². The summed E-state index contributed by atoms with van der Waals surface area (Å²) in [6.07, 6.45) is 1.66. The number of anilines is 1. The lowest BCUT2D eigenvalue weighted by atomic mass is 9.90. The van der Waals surface area contributed by atoms with Crippen LogP contribution >= 0.6 is 0 Å². The second-order valence-electron chi connectivity index (χ2n) is 8.26. The van der Waals surface area contributed by atoms with Crippen LogP contribution in [0, 0.1) is 18.7 Å². The summed E-state index contributed by atoms with van der Waals surface area (Å²) in [6.45, 7) is 8.00. The zero-order chi connectivity index (χ0) is 20.6. The Balaban J connectivity index is 1.93. The second-order valence-corrected chi connectivity index (χ2v) is 8.26. The number of likely N-dealkylation sites (tertiary alicyclic amines) is 1. The van der Waals surface area contributed by atoms with Gasteiger partial charge in [-0.3, -0.25) is 9.59 Å². The van der Waals surface area contributed by atoms with E-state index in [9.17, 15) is 14.0 Å². The zero-order valence-electron chi connectivity index (χ0n) is 16.8. The molecule has 1 aromatic carbocycles. The third-order valence-electron chi connectivity index (χ3n) is 5.05. The molecule has 28 heavy (non-hydrogen) atoms. The SMILES string of the molecule is Cc1c(F)cccc1NC(=O)[C@H]1C(=O)N(C)C[C@@H]1c1ccnc(C(C)(C)C)n1. The molecule has 7 heteroatoms. The molecule has 2 amide bonds. The molecule has 1 saturated heterocycles. The van der Waals surface area contributed by atoms with Gasteiger partial charge < -0.3 is 10.2 Å². The maximum atomic E-state index is 13.8. The summed E-state index contributed by atoms with van der Waals surface area (Å²) in [5.74, 6) is -1.79. The van der Waals surface area contributed by atoms with Gasteiger partial charge in [-0.1, -0.05) is 26.8 Å². The number of rotatable bonds is 3. The maximum Gasteiger partial charge on any atom is 0.237 e. The van der Waals surface area contributed by atoms with E-state index in [2.05, 4.69) is 15.3 Å². The lowest BCUT2D eigenvalue weighted by Crippen LogP contribution is -2.33. The van der Waals surface area contributed by atoms with Gasteiger partial charge in [0.05, 0.1) is 5.69 Å². The van der Waals surface area contributed by atoms with Gasteiger partial charge in [0, 0.05) is 42.4 Å². The fraction of sp³-hybridized carbons (Fsp3) is 0.429. The lowest BCUT2D eigenvalue weighted by Gasteiger charge is -2.20. The molecule has 148 valence electrons. The quantitative estimate of drug-likeness (QED) is 0.826. The summed E-state index contributed by atoms with van der Waals surface area (Å²) < 4.78 is 13.8. The van der Waals surface area contributed by atoms with Crippen molar-refractivity contribution in [3.8, 4) is 0 Å². The number of amides is 2. The Bertz CT molecular complexity index is 923. The number of hydrogen-bond acceptors (Lipinski definition) is 4. The average Bonchev–Trinajstić information content (AvgIpc) is 2.93. The molecule has 6 nitrogen and oxygen atoms in total. The van der Waals surface area contributed by atoms with E-state index in [4.69, 9.17) is 0 Å². The fourth-order valence-corrected chi connectivity index (χ4v) is 3.35. The van der Waals surface area contributed by atoms with Gasteiger partial charge in [-0.15, -0.1) is 0 Å². The molecule has 0 aliphatic carbocycles. The molecule has 1 aliphatic heterocycles. The Labute approximate surface area is 164 Å². The van der Waals surface area contributed by atoms with Crippen LogP contribution in [-0.2, 0) is 15.0 Å². The van der Waals surface area contributed by atoms with E-state index in [0.717, 1.165) is 0 Å². The standard InChI is InChI=1S/C21H25FN4O2/c1-12-14(22)7-6-8-15(12)24-18(27)17-13(11-26(5)19(17)28)16-9-10-23-20(25-16)21(2,3)4/h6-10,13,17H,11H2,1-5H3,(H,24,27)/t13-,17+/m1/s1. The number of carbonyl (C=O) groups is 2. The molecule has 0 bridgehead atoms. The number of carbonyl (C=O) groups excluding carboxylic acids is 2. The summed E-state index contributed by atoms with van der Waals surface area (Å²) in [5.41, 5.74) is 1.11. The minimum atomic E-state index is -0.921. The molecular formula is C21H25FN4O2. The highest BCUT2D eigenvalue weighted by atomic mass is 19.1. The van der Waals surface area contributed by atoms with E-state index < -0.39 is 23.6 Å². The van der Waals surface area contributed by atoms with Gasteiger partial charge in [0.1, 0.15) is 17.6 Å². The van der Waals surface area contributed by atoms with E-state index in [1.165, 1.54) is 17.0 Å². The van der Waals surface area contributed by atoms with Crippen molar-refractivity contribution in [2.75, 3.05) is 18.9 Å². The molecule has 2 aromatic rings. The Morgan fingerprint density at radius 1 is 1.29 bits per heavy atom. The van der Waals surface area contributed by atoms with Gasteiger partial charge >= 0.3 is 0 Å². The van der Waals surface area contributed by atoms with Crippen molar-refractivity contribution in [1.29, 1.82) is 0 Å². The molecule has 1 aliphatic rings. The average molecular weight is 384 g/mol. The minimum absolute atomic E-state index is 0.249. The van der Waals surface area contributed by atoms with Gasteiger partial charge in [-0.25, -0.2) is 14.4 Å². The Morgan fingerprint density at radius 2 is 2.00 bits per heavy atom. The van der Waals surface area contributed by atoms with Crippen LogP contribution in [0.1, 0.15) is 43.8 Å². The van der Waals surface area contributed by atoms with Crippen molar-refractivity contribution >= 4 is 17.5 Å². The van der Waals surface area contributed by atoms with Crippen molar-refractivity contribution in [2.45, 2.75) is 39.0 Å². The van der Waals surface area contributed by atoms with Crippen molar-refractivity contribution in [3.63, 3.8) is 0 Å². The number of likely N-dealkylation sites (N-methyl/N-ethyl adjacent to an activating group) is 1. The molecule has 1 fully saturated rings. The first kappa shape index (κ1) is 19.9. The lowest BCUT2D eigenvalue weighted by molar-refractivity contribution is -0.135. The predicted octanol–water partition coefficient (Wildman–Crippen LogP) is 3.03. The number of halogens is 1. The van der Waals surface area contributed by atoms with Crippen LogP contribution in [0.4, 0.5) is 10.1 Å². The first-order valence-electron chi connectivity index (χ1n) is 9.24. The van der Waals surface area contributed by atoms with Gasteiger partial charge in [0.15, 0.2) is 0 Å². The van der Waals surface area contributed by atoms with E-state index in [0.29, 0.717) is 29.3 Å². The Hall–Kier alpha value is -2.83. The van der Waals surface area contributed by atoms with Crippen LogP contribution in [0.25, 0.3) is 0 Å². The highest BCUT2D eigenvalue weighted by molar-refractivity contribution is 6.08. The molecular weight excluding hydrogens is 359 g/mol. The summed E-state index contributed by atoms with van der Waals surface area (Å²) in [5, 5.41) is 2.72. The predicted molar refractivity (Wildman–Crippen MR) is 104 cm³/mol. The molecule has 0 saturated carbocycles. The zero-order valence-corrected chi connectivity index (χ0v) is 16.8. The molecule has 1 aromatic heterocycles. The van der Waals surface area contributed by atoms with Crippen LogP contribution in [0.5, 0.6) is 0 Å². The Kier molecular flexibility index (Phi) is 5.19. The van der Waals surface area contributed by atoms with E-state index >= 15 is 0 Å². The first-order chi connectivity index (χ1) is 13.1. The van der Waals surface area contributed by atoms with Crippen LogP contribution in [0.15, 0.2) is 30.5 Å². The van der Waals surface area contributed by atoms with E-state index in [1.54, 1.807) is 32.3 Å². The second kappa shape index (κ2) is 7.30. The van der Waals surface area contributed by atoms with Gasteiger partial charge in [-0.05, 0) is 25.1 Å². The number of benzene rings is 1. The normalized spacial score (nSPS) is 19.8. The van der Waals surface area contributed by atoms with Crippen molar-refractivity contribution in [2.24, 2.45) is 5.92 Å². The first-order valence-corrected chi connectivity index (χ1v) is 9.24. The smallest absolute Gasteiger partial charge is 0.237 e. The molecule has 0 radical (unpaired) electrons. The minimum Gasteiger partial charge on any atom is -0.344 e. The van der Waals surface area contributed by atoms with Gasteiger partial charge in [0.2, 0.25) is 11.8 Å². The topological polar surface area (TPSA) is 75.2 Å². The van der Waals surface area contributed by atoms with Crippen molar-refractivity contribution < 1.29 is 14.0 Å². The highest BCUT2D eigenvalue weighted by Gasteiger charge is 2.45. The number of aromatic nitrogens is 2. The highest BCUT2D eigenvalue weighted by Crippen LogP contribution is 2.34. The third kappa shape index (κ3) is 3.74. The largest absolute Gasteiger partial charge is 0.344 e. The molecule has 1 N–H and O–H groups in total. The molecule has 3 rings (SSSR count). The summed E-state index contributed by atoms with van der Waals surface area (Å²) in [7, 11) is 1.67. The molecule has 0 unspecified atom stereocenters. The summed E-state index contributed by atoms with van der Waals surface area (Å²) >= 11 is 0. The van der Waals surface area contributed by atoms with E-state index in [-0.39, 0.29) is 11.3 Å². The van der Waals surface area contributed by atoms with Crippen LogP contribution in [0.2, 0.25) is 0 Å². The molecule has 0 spiro atoms. The van der Waals surface area contributed by atoms with Crippen molar-refractivity contribution in [3.05, 3.63) is 53.4 Å². The summed E-state index contributed by atoms with van der Waals surface area (Å²) in [4.78, 5) is 36.2. The monoisotopic (exact) mass is 384 g/mol. The summed E-state index contributed by atoms with van der Waals surface area (Å²) in [6, 6.07) is 6.23. The maximum absolute atomic E-state index is 13.8. The van der Waals surface area contributed by atoms with E-state index in [1.807, 2.05) is 20.8 Å². The van der Waals surface area contributed by atoms with Crippen LogP contribution in [0.3, 0.4) is 0 Å². The fourth-order valence-electron chi connectivity index (χ4n) is 3.35. The third-order valence-corrected chi connectivity index (χ3v) is 5.05. The van der Waals surface area contributed by atoms with Gasteiger partial charge in [0.25, 0.3) is 0 Å². The number of hydrogen-bond donors (Lipinski definition) is 1. The molecule has 2 heterocycles. The molecule has 2 atom stereocenters.